The molecule has 0 bridgehead atoms. The number of thiol groups is 1. The van der Waals surface area contributed by atoms with E-state index in [1.807, 2.05) is 18.3 Å². The minimum Gasteiger partial charge on any atom is -0.361 e. The van der Waals surface area contributed by atoms with E-state index in [4.69, 9.17) is 0 Å². The molecular formula is C14H19N3O2S. The molecular weight excluding hydrogens is 274 g/mol. The molecule has 0 amide bonds. The number of nitrogens with one attached hydrogen (secondary N) is 2. The van der Waals surface area contributed by atoms with E-state index in [-0.39, 0.29) is 0 Å². The van der Waals surface area contributed by atoms with Crippen molar-refractivity contribution in [3.05, 3.63) is 30.0 Å². The molecule has 1 atom stereocenters. The summed E-state index contributed by atoms with van der Waals surface area (Å²) in [5.74, 6) is 0. The number of fused-ring (bicyclic) bond motifs is 1. The molecule has 0 spiro atoms. The molecule has 20 heavy (non-hydrogen) atoms. The summed E-state index contributed by atoms with van der Waals surface area (Å²) in [7, 11) is -0.448. The van der Waals surface area contributed by atoms with Crippen molar-refractivity contribution < 1.29 is 8.42 Å². The highest BCUT2D eigenvalue weighted by Gasteiger charge is 2.22. The Morgan fingerprint density at radius 3 is 3.00 bits per heavy atom. The first-order chi connectivity index (χ1) is 9.63. The van der Waals surface area contributed by atoms with Crippen LogP contribution in [-0.2, 0) is 17.3 Å². The van der Waals surface area contributed by atoms with Gasteiger partial charge in [-0.3, -0.25) is 4.72 Å². The molecule has 0 radical (unpaired) electrons. The average molecular weight is 293 g/mol. The standard InChI is InChI=1S/C14H19N3O2S/c1-17-6-2-3-12(17)7-10-9-15-14-5-4-11(8-13(10)14)16-20(18)19/h4-5,8-9,12,15,20H,2-3,6-7H2,1H3,(H,16,18,19). The van der Waals surface area contributed by atoms with Gasteiger partial charge in [-0.1, -0.05) is 0 Å². The lowest BCUT2D eigenvalue weighted by molar-refractivity contribution is 0.310. The number of rotatable bonds is 4. The van der Waals surface area contributed by atoms with Gasteiger partial charge < -0.3 is 9.88 Å². The lowest BCUT2D eigenvalue weighted by Gasteiger charge is -2.18. The number of H-pyrrole nitrogens is 1. The van der Waals surface area contributed by atoms with Gasteiger partial charge >= 0.3 is 0 Å². The lowest BCUT2D eigenvalue weighted by Crippen LogP contribution is -2.26. The first-order valence-corrected chi connectivity index (χ1v) is 8.02. The van der Waals surface area contributed by atoms with Crippen molar-refractivity contribution in [3.8, 4) is 0 Å². The number of nitrogens with zero attached hydrogens (tertiary/aromatic N) is 1. The summed E-state index contributed by atoms with van der Waals surface area (Å²) in [5.41, 5.74) is 2.92. The Balaban J connectivity index is 1.90. The van der Waals surface area contributed by atoms with Crippen LogP contribution in [0.4, 0.5) is 5.69 Å². The summed E-state index contributed by atoms with van der Waals surface area (Å²) in [5, 5.41) is 1.10. The molecule has 1 saturated heterocycles. The Labute approximate surface area is 120 Å². The van der Waals surface area contributed by atoms with Gasteiger partial charge in [0.15, 0.2) is 0 Å². The van der Waals surface area contributed by atoms with Gasteiger partial charge in [0.2, 0.25) is 10.9 Å². The van der Waals surface area contributed by atoms with Crippen molar-refractivity contribution in [3.63, 3.8) is 0 Å². The monoisotopic (exact) mass is 293 g/mol. The summed E-state index contributed by atoms with van der Waals surface area (Å²) in [6.45, 7) is 1.16. The van der Waals surface area contributed by atoms with E-state index in [1.54, 1.807) is 6.07 Å². The second-order valence-corrected chi connectivity index (χ2v) is 6.16. The first-order valence-electron chi connectivity index (χ1n) is 6.85. The molecule has 1 unspecified atom stereocenters. The van der Waals surface area contributed by atoms with Crippen molar-refractivity contribution in [2.45, 2.75) is 25.3 Å². The molecule has 0 saturated carbocycles. The Morgan fingerprint density at radius 2 is 2.30 bits per heavy atom. The number of hydrogen-bond donors (Lipinski definition) is 3. The Kier molecular flexibility index (Phi) is 3.67. The van der Waals surface area contributed by atoms with Crippen LogP contribution < -0.4 is 4.72 Å². The molecule has 1 aliphatic rings. The number of anilines is 1. The summed E-state index contributed by atoms with van der Waals surface area (Å²) >= 11 is 0. The van der Waals surface area contributed by atoms with Crippen LogP contribution in [-0.4, -0.2) is 37.9 Å². The highest BCUT2D eigenvalue weighted by atomic mass is 32.2. The number of benzene rings is 1. The average Bonchev–Trinajstić information content (AvgIpc) is 2.97. The van der Waals surface area contributed by atoms with Crippen LogP contribution >= 0.6 is 0 Å². The van der Waals surface area contributed by atoms with Crippen molar-refractivity contribution >= 4 is 27.5 Å². The van der Waals surface area contributed by atoms with E-state index < -0.39 is 10.9 Å². The highest BCUT2D eigenvalue weighted by Crippen LogP contribution is 2.26. The third-order valence-electron chi connectivity index (χ3n) is 4.11. The SMILES string of the molecule is CN1CCCC1Cc1c[nH]c2ccc(N[SH](=O)=O)cc12. The minimum atomic E-state index is -2.62. The zero-order valence-electron chi connectivity index (χ0n) is 11.4. The topological polar surface area (TPSA) is 65.2 Å². The number of hydrogen-bond acceptors (Lipinski definition) is 3. The second-order valence-electron chi connectivity index (χ2n) is 5.42. The molecule has 2 N–H and O–H groups in total. The molecule has 1 aromatic heterocycles. The number of likely N-dealkylation sites (N-methyl/N-ethyl adjacent to an activating group) is 1. The van der Waals surface area contributed by atoms with Crippen LogP contribution in [0.3, 0.4) is 0 Å². The molecule has 5 nitrogen and oxygen atoms in total. The molecule has 2 heterocycles. The third-order valence-corrected chi connectivity index (χ3v) is 4.56. The molecule has 2 aromatic rings. The van der Waals surface area contributed by atoms with Crippen molar-refractivity contribution in [1.82, 2.24) is 9.88 Å². The van der Waals surface area contributed by atoms with Crippen LogP contribution in [0.25, 0.3) is 10.9 Å². The first kappa shape index (κ1) is 13.5. The van der Waals surface area contributed by atoms with E-state index in [0.29, 0.717) is 11.7 Å². The van der Waals surface area contributed by atoms with E-state index >= 15 is 0 Å². The fourth-order valence-electron chi connectivity index (χ4n) is 3.01. The van der Waals surface area contributed by atoms with Gasteiger partial charge in [-0.2, -0.15) is 0 Å². The number of aromatic amines is 1. The molecule has 1 aromatic carbocycles. The predicted molar refractivity (Wildman–Crippen MR) is 81.6 cm³/mol. The van der Waals surface area contributed by atoms with Crippen molar-refractivity contribution in [1.29, 1.82) is 0 Å². The van der Waals surface area contributed by atoms with E-state index in [0.717, 1.165) is 23.9 Å². The van der Waals surface area contributed by atoms with Crippen LogP contribution in [0, 0.1) is 0 Å². The summed E-state index contributed by atoms with van der Waals surface area (Å²) in [4.78, 5) is 5.66. The lowest BCUT2D eigenvalue weighted by atomic mass is 10.0. The Bertz CT molecular complexity index is 685. The molecule has 6 heteroatoms. The molecule has 1 aliphatic heterocycles. The quantitative estimate of drug-likeness (QED) is 0.752. The van der Waals surface area contributed by atoms with Gasteiger partial charge in [0.1, 0.15) is 0 Å². The van der Waals surface area contributed by atoms with E-state index in [2.05, 4.69) is 21.7 Å². The maximum atomic E-state index is 10.8. The van der Waals surface area contributed by atoms with Crippen LogP contribution in [0.5, 0.6) is 0 Å². The van der Waals surface area contributed by atoms with Crippen molar-refractivity contribution in [2.75, 3.05) is 18.3 Å². The van der Waals surface area contributed by atoms with Gasteiger partial charge in [-0.05, 0) is 56.6 Å². The van der Waals surface area contributed by atoms with E-state index in [9.17, 15) is 8.42 Å². The number of aromatic nitrogens is 1. The minimum absolute atomic E-state index is 0.585. The van der Waals surface area contributed by atoms with Crippen LogP contribution in [0.2, 0.25) is 0 Å². The predicted octanol–water partition coefficient (Wildman–Crippen LogP) is 1.74. The molecule has 1 fully saturated rings. The van der Waals surface area contributed by atoms with Crippen LogP contribution in [0.15, 0.2) is 24.4 Å². The molecule has 3 rings (SSSR count). The van der Waals surface area contributed by atoms with Gasteiger partial charge in [0.05, 0.1) is 0 Å². The largest absolute Gasteiger partial charge is 0.361 e. The Morgan fingerprint density at radius 1 is 1.45 bits per heavy atom. The van der Waals surface area contributed by atoms with Crippen molar-refractivity contribution in [2.24, 2.45) is 0 Å². The van der Waals surface area contributed by atoms with Gasteiger partial charge in [-0.15, -0.1) is 0 Å². The van der Waals surface area contributed by atoms with Gasteiger partial charge in [-0.25, -0.2) is 8.42 Å². The van der Waals surface area contributed by atoms with E-state index in [1.165, 1.54) is 18.4 Å². The fraction of sp³-hybridized carbons (Fsp3) is 0.429. The van der Waals surface area contributed by atoms with Crippen LogP contribution in [0.1, 0.15) is 18.4 Å². The maximum absolute atomic E-state index is 10.8. The summed E-state index contributed by atoms with van der Waals surface area (Å²) in [6.07, 6.45) is 5.53. The summed E-state index contributed by atoms with van der Waals surface area (Å²) in [6, 6.07) is 6.18. The fourth-order valence-corrected chi connectivity index (χ4v) is 3.36. The Hall–Kier alpha value is -1.53. The maximum Gasteiger partial charge on any atom is 0.222 e. The molecule has 0 aliphatic carbocycles. The zero-order chi connectivity index (χ0) is 14.1. The summed E-state index contributed by atoms with van der Waals surface area (Å²) < 4.78 is 24.0. The highest BCUT2D eigenvalue weighted by molar-refractivity contribution is 7.73. The van der Waals surface area contributed by atoms with Gasteiger partial charge in [0, 0.05) is 28.8 Å². The second kappa shape index (κ2) is 5.46. The van der Waals surface area contributed by atoms with Gasteiger partial charge in [0.25, 0.3) is 0 Å². The zero-order valence-corrected chi connectivity index (χ0v) is 12.3. The normalized spacial score (nSPS) is 20.0. The number of likely N-dealkylation sites (tertiary alicyclic amines) is 1. The third kappa shape index (κ3) is 2.66. The smallest absolute Gasteiger partial charge is 0.222 e. The molecule has 108 valence electrons.